The van der Waals surface area contributed by atoms with Crippen molar-refractivity contribution in [3.8, 4) is 0 Å². The van der Waals surface area contributed by atoms with Crippen molar-refractivity contribution < 1.29 is 23.9 Å². The third-order valence-electron chi connectivity index (χ3n) is 3.33. The summed E-state index contributed by atoms with van der Waals surface area (Å²) in [5.74, 6) is -2.23. The maximum absolute atomic E-state index is 12.4. The molecule has 2 rings (SSSR count). The van der Waals surface area contributed by atoms with Crippen LogP contribution in [-0.2, 0) is 19.1 Å². The lowest BCUT2D eigenvalue weighted by Crippen LogP contribution is -2.51. The summed E-state index contributed by atoms with van der Waals surface area (Å²) in [5.41, 5.74) is 1.13. The number of Topliss-reactive ketones (excluding diaryl/α,β-unsaturated/α-hetero) is 1. The number of hydrogen-bond acceptors (Lipinski definition) is 5. The average Bonchev–Trinajstić information content (AvgIpc) is 2.69. The van der Waals surface area contributed by atoms with E-state index in [1.54, 1.807) is 25.1 Å². The van der Waals surface area contributed by atoms with Crippen LogP contribution < -0.4 is 5.32 Å². The second-order valence-electron chi connectivity index (χ2n) is 5.22. The van der Waals surface area contributed by atoms with Crippen molar-refractivity contribution in [2.75, 3.05) is 5.32 Å². The number of hydrogen-bond donors (Lipinski definition) is 1. The van der Waals surface area contributed by atoms with Crippen LogP contribution in [0.25, 0.3) is 0 Å². The number of carbonyl (C=O) groups excluding carboxylic acids is 4. The number of nitrogens with one attached hydrogen (secondary N) is 1. The third kappa shape index (κ3) is 3.34. The van der Waals surface area contributed by atoms with Gasteiger partial charge >= 0.3 is 6.09 Å². The lowest BCUT2D eigenvalue weighted by atomic mass is 10.1. The Morgan fingerprint density at radius 1 is 1.35 bits per heavy atom. The largest absolute Gasteiger partial charge is 0.436 e. The minimum atomic E-state index is -1.60. The molecule has 2 unspecified atom stereocenters. The zero-order valence-corrected chi connectivity index (χ0v) is 13.5. The van der Waals surface area contributed by atoms with E-state index < -0.39 is 35.8 Å². The monoisotopic (exact) mass is 338 g/mol. The van der Waals surface area contributed by atoms with Crippen molar-refractivity contribution in [1.82, 2.24) is 4.90 Å². The van der Waals surface area contributed by atoms with Gasteiger partial charge in [-0.3, -0.25) is 14.4 Å². The molecule has 7 nitrogen and oxygen atoms in total. The molecule has 122 valence electrons. The van der Waals surface area contributed by atoms with E-state index in [-0.39, 0.29) is 10.7 Å². The maximum Gasteiger partial charge on any atom is 0.418 e. The molecule has 1 aliphatic rings. The predicted octanol–water partition coefficient (Wildman–Crippen LogP) is 1.91. The quantitative estimate of drug-likeness (QED) is 0.846. The Bertz CT molecular complexity index is 703. The number of halogens is 1. The van der Waals surface area contributed by atoms with Crippen LogP contribution in [-0.4, -0.2) is 40.7 Å². The Labute approximate surface area is 137 Å². The summed E-state index contributed by atoms with van der Waals surface area (Å²) >= 11 is 5.99. The number of imide groups is 1. The molecule has 1 aliphatic heterocycles. The number of benzene rings is 1. The van der Waals surface area contributed by atoms with E-state index in [0.717, 1.165) is 12.5 Å². The summed E-state index contributed by atoms with van der Waals surface area (Å²) in [7, 11) is 0. The summed E-state index contributed by atoms with van der Waals surface area (Å²) in [5, 5.41) is 2.75. The van der Waals surface area contributed by atoms with Crippen molar-refractivity contribution in [3.05, 3.63) is 28.8 Å². The van der Waals surface area contributed by atoms with Crippen LogP contribution in [0.15, 0.2) is 18.2 Å². The first-order valence-electron chi connectivity index (χ1n) is 6.83. The van der Waals surface area contributed by atoms with Gasteiger partial charge in [-0.1, -0.05) is 17.7 Å². The van der Waals surface area contributed by atoms with Gasteiger partial charge in [0, 0.05) is 0 Å². The molecule has 23 heavy (non-hydrogen) atoms. The fourth-order valence-corrected chi connectivity index (χ4v) is 2.36. The van der Waals surface area contributed by atoms with E-state index in [4.69, 9.17) is 16.3 Å². The van der Waals surface area contributed by atoms with E-state index >= 15 is 0 Å². The van der Waals surface area contributed by atoms with E-state index in [2.05, 4.69) is 5.32 Å². The molecule has 0 aliphatic carbocycles. The lowest BCUT2D eigenvalue weighted by Gasteiger charge is -2.21. The topological polar surface area (TPSA) is 92.8 Å². The minimum Gasteiger partial charge on any atom is -0.436 e. The number of amides is 3. The number of aryl methyl sites for hydroxylation is 1. The van der Waals surface area contributed by atoms with E-state index in [0.29, 0.717) is 4.90 Å². The molecule has 0 spiro atoms. The second kappa shape index (κ2) is 6.37. The summed E-state index contributed by atoms with van der Waals surface area (Å²) in [6, 6.07) is 3.36. The molecule has 1 aromatic carbocycles. The van der Waals surface area contributed by atoms with Gasteiger partial charge < -0.3 is 10.1 Å². The SMILES string of the molecule is CC(=O)C(C(=O)Nc1cc(C)ccc1Cl)N1C(=O)OC(C)C1=O. The predicted molar refractivity (Wildman–Crippen MR) is 82.1 cm³/mol. The first-order valence-corrected chi connectivity index (χ1v) is 7.21. The van der Waals surface area contributed by atoms with Crippen molar-refractivity contribution in [2.24, 2.45) is 0 Å². The summed E-state index contributed by atoms with van der Waals surface area (Å²) in [4.78, 5) is 48.5. The zero-order valence-electron chi connectivity index (χ0n) is 12.8. The van der Waals surface area contributed by atoms with Crippen LogP contribution in [0.4, 0.5) is 10.5 Å². The summed E-state index contributed by atoms with van der Waals surface area (Å²) < 4.78 is 4.74. The number of nitrogens with zero attached hydrogens (tertiary/aromatic N) is 1. The molecule has 0 radical (unpaired) electrons. The molecule has 3 amide bonds. The van der Waals surface area contributed by atoms with Gasteiger partial charge in [0.15, 0.2) is 17.9 Å². The van der Waals surface area contributed by atoms with Crippen LogP contribution >= 0.6 is 11.6 Å². The van der Waals surface area contributed by atoms with Gasteiger partial charge in [-0.15, -0.1) is 0 Å². The number of cyclic esters (lactones) is 1. The maximum atomic E-state index is 12.4. The fraction of sp³-hybridized carbons (Fsp3) is 0.333. The molecule has 0 saturated carbocycles. The Kier molecular flexibility index (Phi) is 4.70. The van der Waals surface area contributed by atoms with Crippen molar-refractivity contribution >= 4 is 41.0 Å². The smallest absolute Gasteiger partial charge is 0.418 e. The van der Waals surface area contributed by atoms with Gasteiger partial charge in [0.05, 0.1) is 10.7 Å². The highest BCUT2D eigenvalue weighted by atomic mass is 35.5. The van der Waals surface area contributed by atoms with Gasteiger partial charge in [-0.2, -0.15) is 0 Å². The van der Waals surface area contributed by atoms with E-state index in [1.807, 2.05) is 0 Å². The number of carbonyl (C=O) groups is 4. The van der Waals surface area contributed by atoms with Gasteiger partial charge in [-0.05, 0) is 38.5 Å². The van der Waals surface area contributed by atoms with Crippen molar-refractivity contribution in [1.29, 1.82) is 0 Å². The van der Waals surface area contributed by atoms with Crippen molar-refractivity contribution in [2.45, 2.75) is 32.9 Å². The molecule has 1 saturated heterocycles. The third-order valence-corrected chi connectivity index (χ3v) is 3.66. The molecular weight excluding hydrogens is 324 g/mol. The van der Waals surface area contributed by atoms with Crippen LogP contribution in [0.2, 0.25) is 5.02 Å². The minimum absolute atomic E-state index is 0.273. The number of rotatable bonds is 4. The molecule has 0 bridgehead atoms. The Balaban J connectivity index is 2.30. The molecule has 2 atom stereocenters. The fourth-order valence-electron chi connectivity index (χ4n) is 2.20. The molecule has 0 aromatic heterocycles. The molecule has 1 fully saturated rings. The average molecular weight is 339 g/mol. The number of ether oxygens (including phenoxy) is 1. The molecule has 1 N–H and O–H groups in total. The highest BCUT2D eigenvalue weighted by Gasteiger charge is 2.47. The van der Waals surface area contributed by atoms with Gasteiger partial charge in [0.25, 0.3) is 11.8 Å². The van der Waals surface area contributed by atoms with Gasteiger partial charge in [0.2, 0.25) is 0 Å². The van der Waals surface area contributed by atoms with Crippen LogP contribution in [0, 0.1) is 6.92 Å². The van der Waals surface area contributed by atoms with Crippen LogP contribution in [0.1, 0.15) is 19.4 Å². The van der Waals surface area contributed by atoms with Crippen LogP contribution in [0.3, 0.4) is 0 Å². The molecule has 1 heterocycles. The molecule has 8 heteroatoms. The first kappa shape index (κ1) is 17.0. The summed E-state index contributed by atoms with van der Waals surface area (Å²) in [6.07, 6.45) is -2.05. The zero-order chi connectivity index (χ0) is 17.3. The van der Waals surface area contributed by atoms with E-state index in [9.17, 15) is 19.2 Å². The Morgan fingerprint density at radius 2 is 2.00 bits per heavy atom. The highest BCUT2D eigenvalue weighted by Crippen LogP contribution is 2.24. The number of anilines is 1. The normalized spacial score (nSPS) is 18.6. The molecular formula is C15H15ClN2O5. The van der Waals surface area contributed by atoms with Gasteiger partial charge in [0.1, 0.15) is 0 Å². The second-order valence-corrected chi connectivity index (χ2v) is 5.63. The lowest BCUT2D eigenvalue weighted by molar-refractivity contribution is -0.139. The number of ketones is 1. The van der Waals surface area contributed by atoms with Crippen molar-refractivity contribution in [3.63, 3.8) is 0 Å². The van der Waals surface area contributed by atoms with E-state index in [1.165, 1.54) is 6.92 Å². The highest BCUT2D eigenvalue weighted by molar-refractivity contribution is 6.34. The standard InChI is InChI=1S/C15H15ClN2O5/c1-7-4-5-10(16)11(6-7)17-13(20)12(8(2)19)18-14(21)9(3)23-15(18)22/h4-6,9,12H,1-3H3,(H,17,20). The Hall–Kier alpha value is -2.41. The first-order chi connectivity index (χ1) is 10.7. The van der Waals surface area contributed by atoms with Crippen LogP contribution in [0.5, 0.6) is 0 Å². The Morgan fingerprint density at radius 3 is 2.52 bits per heavy atom. The molecule has 1 aromatic rings. The summed E-state index contributed by atoms with van der Waals surface area (Å²) in [6.45, 7) is 4.29. The van der Waals surface area contributed by atoms with Gasteiger partial charge in [-0.25, -0.2) is 9.69 Å².